The van der Waals surface area contributed by atoms with Crippen LogP contribution in [0.3, 0.4) is 0 Å². The van der Waals surface area contributed by atoms with Gasteiger partial charge < -0.3 is 10.5 Å². The molecule has 1 aromatic heterocycles. The van der Waals surface area contributed by atoms with Crippen LogP contribution in [0.5, 0.6) is 5.88 Å². The van der Waals surface area contributed by atoms with Crippen molar-refractivity contribution in [2.24, 2.45) is 0 Å². The maximum atomic E-state index is 5.68. The van der Waals surface area contributed by atoms with Crippen molar-refractivity contribution in [3.8, 4) is 5.88 Å². The summed E-state index contributed by atoms with van der Waals surface area (Å²) >= 11 is 1.41. The number of nitrogens with zero attached hydrogens (tertiary/aromatic N) is 1. The van der Waals surface area contributed by atoms with Crippen LogP contribution in [-0.4, -0.2) is 11.0 Å². The molecule has 0 aliphatic rings. The molecule has 4 heteroatoms. The molecule has 0 radical (unpaired) electrons. The second kappa shape index (κ2) is 3.67. The van der Waals surface area contributed by atoms with E-state index >= 15 is 0 Å². The second-order valence-corrected chi connectivity index (χ2v) is 3.65. The topological polar surface area (TPSA) is 48.1 Å². The summed E-state index contributed by atoms with van der Waals surface area (Å²) in [4.78, 5) is 0. The third kappa shape index (κ3) is 1.56. The molecule has 0 unspecified atom stereocenters. The molecule has 3 nitrogen and oxygen atoms in total. The quantitative estimate of drug-likeness (QED) is 0.619. The lowest BCUT2D eigenvalue weighted by Gasteiger charge is -1.98. The molecule has 0 atom stereocenters. The van der Waals surface area contributed by atoms with E-state index in [1.165, 1.54) is 11.5 Å². The number of nitrogen functional groups attached to an aromatic ring is 1. The third-order valence-corrected chi connectivity index (χ3v) is 2.61. The minimum atomic E-state index is 0.466. The maximum absolute atomic E-state index is 5.68. The highest BCUT2D eigenvalue weighted by Crippen LogP contribution is 2.29. The number of benzene rings is 1. The van der Waals surface area contributed by atoms with Crippen molar-refractivity contribution >= 4 is 27.3 Å². The number of hydrogen-bond acceptors (Lipinski definition) is 4. The van der Waals surface area contributed by atoms with E-state index in [0.717, 1.165) is 15.8 Å². The van der Waals surface area contributed by atoms with Crippen LogP contribution in [-0.2, 0) is 0 Å². The molecule has 0 saturated heterocycles. The molecule has 1 heterocycles. The maximum Gasteiger partial charge on any atom is 0.233 e. The van der Waals surface area contributed by atoms with Gasteiger partial charge in [-0.2, -0.15) is 4.37 Å². The number of nitrogens with two attached hydrogens (primary N) is 1. The summed E-state index contributed by atoms with van der Waals surface area (Å²) in [6.07, 6.45) is 1.69. The first-order valence-corrected chi connectivity index (χ1v) is 4.97. The van der Waals surface area contributed by atoms with Gasteiger partial charge in [-0.3, -0.25) is 0 Å². The van der Waals surface area contributed by atoms with Gasteiger partial charge in [-0.25, -0.2) is 0 Å². The molecular formula is C10H10N2OS. The summed E-state index contributed by atoms with van der Waals surface area (Å²) in [5, 5.41) is 0.969. The van der Waals surface area contributed by atoms with Crippen molar-refractivity contribution in [2.75, 3.05) is 12.3 Å². The average molecular weight is 206 g/mol. The van der Waals surface area contributed by atoms with Gasteiger partial charge in [0.05, 0.1) is 10.1 Å². The summed E-state index contributed by atoms with van der Waals surface area (Å²) in [6.45, 7) is 4.05. The zero-order valence-electron chi connectivity index (χ0n) is 7.56. The number of aromatic nitrogens is 1. The summed E-state index contributed by atoms with van der Waals surface area (Å²) in [5.74, 6) is 0.636. The second-order valence-electron chi connectivity index (χ2n) is 2.84. The molecule has 2 N–H and O–H groups in total. The molecule has 0 spiro atoms. The first kappa shape index (κ1) is 9.02. The van der Waals surface area contributed by atoms with Gasteiger partial charge in [0.1, 0.15) is 6.61 Å². The normalized spacial score (nSPS) is 10.3. The average Bonchev–Trinajstić information content (AvgIpc) is 2.57. The van der Waals surface area contributed by atoms with E-state index in [0.29, 0.717) is 12.5 Å². The first-order valence-electron chi connectivity index (χ1n) is 4.20. The van der Waals surface area contributed by atoms with E-state index in [1.807, 2.05) is 18.2 Å². The first-order chi connectivity index (χ1) is 6.81. The Hall–Kier alpha value is -1.55. The highest BCUT2D eigenvalue weighted by Gasteiger charge is 2.06. The monoisotopic (exact) mass is 206 g/mol. The minimum absolute atomic E-state index is 0.466. The minimum Gasteiger partial charge on any atom is -0.472 e. The van der Waals surface area contributed by atoms with Gasteiger partial charge in [0.25, 0.3) is 0 Å². The predicted molar refractivity (Wildman–Crippen MR) is 59.7 cm³/mol. The number of fused-ring (bicyclic) bond motifs is 1. The number of ether oxygens (including phenoxy) is 1. The Bertz CT molecular complexity index is 464. The third-order valence-electron chi connectivity index (χ3n) is 1.80. The molecule has 2 rings (SSSR count). The standard InChI is InChI=1S/C10H10N2OS/c1-2-5-13-10-8-6-7(11)3-4-9(8)14-12-10/h2-4,6H,1,5,11H2. The Morgan fingerprint density at radius 3 is 3.21 bits per heavy atom. The lowest BCUT2D eigenvalue weighted by molar-refractivity contribution is 0.357. The molecule has 0 bridgehead atoms. The lowest BCUT2D eigenvalue weighted by Crippen LogP contribution is -1.93. The zero-order valence-corrected chi connectivity index (χ0v) is 8.38. The van der Waals surface area contributed by atoms with Gasteiger partial charge in [0, 0.05) is 5.69 Å². The van der Waals surface area contributed by atoms with Gasteiger partial charge in [-0.05, 0) is 29.7 Å². The van der Waals surface area contributed by atoms with E-state index in [2.05, 4.69) is 11.0 Å². The number of hydrogen-bond donors (Lipinski definition) is 1. The molecule has 2 aromatic rings. The van der Waals surface area contributed by atoms with E-state index < -0.39 is 0 Å². The van der Waals surface area contributed by atoms with Crippen molar-refractivity contribution in [3.63, 3.8) is 0 Å². The van der Waals surface area contributed by atoms with E-state index in [9.17, 15) is 0 Å². The van der Waals surface area contributed by atoms with Gasteiger partial charge in [0.2, 0.25) is 5.88 Å². The summed E-state index contributed by atoms with van der Waals surface area (Å²) < 4.78 is 10.7. The fraction of sp³-hybridized carbons (Fsp3) is 0.100. The van der Waals surface area contributed by atoms with Crippen LogP contribution in [0.1, 0.15) is 0 Å². The van der Waals surface area contributed by atoms with Gasteiger partial charge >= 0.3 is 0 Å². The predicted octanol–water partition coefficient (Wildman–Crippen LogP) is 2.44. The molecule has 0 fully saturated rings. The van der Waals surface area contributed by atoms with Crippen LogP contribution < -0.4 is 10.5 Å². The molecular weight excluding hydrogens is 196 g/mol. The van der Waals surface area contributed by atoms with E-state index in [4.69, 9.17) is 10.5 Å². The van der Waals surface area contributed by atoms with E-state index in [1.54, 1.807) is 6.08 Å². The van der Waals surface area contributed by atoms with Crippen molar-refractivity contribution in [2.45, 2.75) is 0 Å². The molecule has 0 aliphatic heterocycles. The largest absolute Gasteiger partial charge is 0.472 e. The molecule has 0 aliphatic carbocycles. The Balaban J connectivity index is 2.44. The van der Waals surface area contributed by atoms with Gasteiger partial charge in [-0.1, -0.05) is 12.7 Å². The van der Waals surface area contributed by atoms with Crippen LogP contribution in [0.4, 0.5) is 5.69 Å². The van der Waals surface area contributed by atoms with Crippen LogP contribution in [0.2, 0.25) is 0 Å². The van der Waals surface area contributed by atoms with E-state index in [-0.39, 0.29) is 0 Å². The fourth-order valence-electron chi connectivity index (χ4n) is 1.18. The highest BCUT2D eigenvalue weighted by molar-refractivity contribution is 7.13. The molecule has 0 amide bonds. The summed E-state index contributed by atoms with van der Waals surface area (Å²) in [5.41, 5.74) is 6.41. The molecule has 14 heavy (non-hydrogen) atoms. The number of anilines is 1. The Kier molecular flexibility index (Phi) is 2.37. The Morgan fingerprint density at radius 2 is 2.43 bits per heavy atom. The van der Waals surface area contributed by atoms with Crippen molar-refractivity contribution in [3.05, 3.63) is 30.9 Å². The smallest absolute Gasteiger partial charge is 0.233 e. The lowest BCUT2D eigenvalue weighted by atomic mass is 10.2. The van der Waals surface area contributed by atoms with Crippen LogP contribution >= 0.6 is 11.5 Å². The summed E-state index contributed by atoms with van der Waals surface area (Å²) in [6, 6.07) is 5.68. The highest BCUT2D eigenvalue weighted by atomic mass is 32.1. The molecule has 1 aromatic carbocycles. The summed E-state index contributed by atoms with van der Waals surface area (Å²) in [7, 11) is 0. The van der Waals surface area contributed by atoms with Crippen LogP contribution in [0.25, 0.3) is 10.1 Å². The zero-order chi connectivity index (χ0) is 9.97. The van der Waals surface area contributed by atoms with Crippen molar-refractivity contribution < 1.29 is 4.74 Å². The fourth-order valence-corrected chi connectivity index (χ4v) is 1.88. The molecule has 0 saturated carbocycles. The van der Waals surface area contributed by atoms with Gasteiger partial charge in [0.15, 0.2) is 0 Å². The van der Waals surface area contributed by atoms with Crippen molar-refractivity contribution in [1.82, 2.24) is 4.37 Å². The van der Waals surface area contributed by atoms with Crippen molar-refractivity contribution in [1.29, 1.82) is 0 Å². The van der Waals surface area contributed by atoms with Gasteiger partial charge in [-0.15, -0.1) is 0 Å². The SMILES string of the molecule is C=CCOc1nsc2ccc(N)cc12. The van der Waals surface area contributed by atoms with Crippen LogP contribution in [0, 0.1) is 0 Å². The van der Waals surface area contributed by atoms with Crippen LogP contribution in [0.15, 0.2) is 30.9 Å². The Labute approximate surface area is 86.0 Å². The Morgan fingerprint density at radius 1 is 1.57 bits per heavy atom. The number of rotatable bonds is 3. The molecule has 72 valence electrons.